The first-order valence-electron chi connectivity index (χ1n) is 8.42. The molecule has 2 rings (SSSR count). The number of benzene rings is 1. The van der Waals surface area contributed by atoms with Gasteiger partial charge in [0.05, 0.1) is 12.2 Å². The number of carbonyl (C=O) groups excluding carboxylic acids is 1. The van der Waals surface area contributed by atoms with Crippen LogP contribution in [-0.2, 0) is 4.79 Å². The van der Waals surface area contributed by atoms with Crippen molar-refractivity contribution in [3.63, 3.8) is 0 Å². The number of hydrogen-bond acceptors (Lipinski definition) is 4. The van der Waals surface area contributed by atoms with Crippen molar-refractivity contribution in [2.45, 2.75) is 57.8 Å². The van der Waals surface area contributed by atoms with Crippen molar-refractivity contribution in [2.75, 3.05) is 6.54 Å². The second kappa shape index (κ2) is 9.87. The van der Waals surface area contributed by atoms with Crippen LogP contribution in [0.4, 0.5) is 0 Å². The zero-order chi connectivity index (χ0) is 16.8. The lowest BCUT2D eigenvalue weighted by atomic mass is 10.00. The molecular formula is C18H29ClN2O3. The number of ether oxygens (including phenoxy) is 1. The second-order valence-corrected chi connectivity index (χ2v) is 6.61. The third-order valence-electron chi connectivity index (χ3n) is 4.29. The van der Waals surface area contributed by atoms with Crippen molar-refractivity contribution in [2.24, 2.45) is 11.7 Å². The van der Waals surface area contributed by atoms with Gasteiger partial charge in [-0.25, -0.2) is 0 Å². The van der Waals surface area contributed by atoms with E-state index in [9.17, 15) is 9.90 Å². The Bertz CT molecular complexity index is 507. The average molecular weight is 357 g/mol. The minimum Gasteiger partial charge on any atom is -0.491 e. The summed E-state index contributed by atoms with van der Waals surface area (Å²) in [6, 6.07) is 7.44. The molecule has 1 aromatic carbocycles. The summed E-state index contributed by atoms with van der Waals surface area (Å²) in [6.45, 7) is 4.15. The van der Waals surface area contributed by atoms with Crippen LogP contribution >= 0.6 is 12.4 Å². The lowest BCUT2D eigenvalue weighted by Gasteiger charge is -2.17. The molecule has 0 heterocycles. The van der Waals surface area contributed by atoms with Gasteiger partial charge in [-0.3, -0.25) is 4.79 Å². The van der Waals surface area contributed by atoms with Gasteiger partial charge in [0, 0.05) is 19.0 Å². The van der Waals surface area contributed by atoms with Crippen molar-refractivity contribution in [3.05, 3.63) is 29.8 Å². The number of hydrogen-bond donors (Lipinski definition) is 3. The number of nitrogens with two attached hydrogens (primary N) is 1. The van der Waals surface area contributed by atoms with Crippen LogP contribution in [0.2, 0.25) is 0 Å². The molecule has 24 heavy (non-hydrogen) atoms. The van der Waals surface area contributed by atoms with E-state index in [-0.39, 0.29) is 42.9 Å². The molecule has 0 radical (unpaired) electrons. The topological polar surface area (TPSA) is 84.6 Å². The van der Waals surface area contributed by atoms with Crippen LogP contribution in [0.5, 0.6) is 5.75 Å². The van der Waals surface area contributed by atoms with Gasteiger partial charge in [-0.1, -0.05) is 18.6 Å². The molecule has 1 aliphatic rings. The van der Waals surface area contributed by atoms with E-state index in [1.54, 1.807) is 0 Å². The summed E-state index contributed by atoms with van der Waals surface area (Å²) in [6.07, 6.45) is 2.98. The minimum atomic E-state index is -0.718. The van der Waals surface area contributed by atoms with Gasteiger partial charge < -0.3 is 20.9 Å². The quantitative estimate of drug-likeness (QED) is 0.701. The average Bonchev–Trinajstić information content (AvgIpc) is 2.90. The Labute approximate surface area is 150 Å². The molecule has 5 nitrogen and oxygen atoms in total. The van der Waals surface area contributed by atoms with E-state index in [0.717, 1.165) is 30.6 Å². The highest BCUT2D eigenvalue weighted by Gasteiger charge is 2.26. The summed E-state index contributed by atoms with van der Waals surface area (Å²) >= 11 is 0. The number of nitrogens with one attached hydrogen (secondary N) is 1. The molecular weight excluding hydrogens is 328 g/mol. The Morgan fingerprint density at radius 3 is 2.54 bits per heavy atom. The molecule has 1 aromatic rings. The summed E-state index contributed by atoms with van der Waals surface area (Å²) in [7, 11) is 0. The highest BCUT2D eigenvalue weighted by atomic mass is 35.5. The van der Waals surface area contributed by atoms with Gasteiger partial charge in [-0.15, -0.1) is 12.4 Å². The van der Waals surface area contributed by atoms with Crippen LogP contribution in [0, 0.1) is 5.92 Å². The van der Waals surface area contributed by atoms with Crippen LogP contribution in [-0.4, -0.2) is 29.7 Å². The van der Waals surface area contributed by atoms with Crippen LogP contribution in [0.1, 0.15) is 51.2 Å². The normalized spacial score (nSPS) is 21.2. The number of aliphatic hydroxyl groups excluding tert-OH is 1. The number of rotatable bonds is 7. The van der Waals surface area contributed by atoms with Crippen molar-refractivity contribution in [1.82, 2.24) is 5.32 Å². The Morgan fingerprint density at radius 1 is 1.33 bits per heavy atom. The standard InChI is InChI=1S/C18H28N2O3.ClH/c1-12(2)23-15-8-6-13(7-9-15)17(21)11-20-18(22)10-14-4-3-5-16(14)19;/h6-9,12,14,16-17,21H,3-5,10-11,19H2,1-2H3,(H,20,22);1H/t14-,16+,17?;/m0./s1. The van der Waals surface area contributed by atoms with Crippen LogP contribution < -0.4 is 15.8 Å². The molecule has 0 aromatic heterocycles. The predicted octanol–water partition coefficient (Wildman–Crippen LogP) is 2.56. The molecule has 1 amide bonds. The van der Waals surface area contributed by atoms with Gasteiger partial charge in [0.1, 0.15) is 5.75 Å². The fraction of sp³-hybridized carbons (Fsp3) is 0.611. The predicted molar refractivity (Wildman–Crippen MR) is 97.4 cm³/mol. The molecule has 3 atom stereocenters. The molecule has 0 spiro atoms. The van der Waals surface area contributed by atoms with Gasteiger partial charge in [-0.05, 0) is 50.3 Å². The fourth-order valence-electron chi connectivity index (χ4n) is 3.00. The third kappa shape index (κ3) is 6.30. The minimum absolute atomic E-state index is 0. The molecule has 0 aliphatic heterocycles. The Morgan fingerprint density at radius 2 is 2.00 bits per heavy atom. The third-order valence-corrected chi connectivity index (χ3v) is 4.29. The summed E-state index contributed by atoms with van der Waals surface area (Å²) < 4.78 is 5.57. The molecule has 4 N–H and O–H groups in total. The number of amides is 1. The molecule has 0 saturated heterocycles. The van der Waals surface area contributed by atoms with Crippen molar-refractivity contribution >= 4 is 18.3 Å². The maximum absolute atomic E-state index is 12.0. The molecule has 0 bridgehead atoms. The SMILES string of the molecule is CC(C)Oc1ccc(C(O)CNC(=O)C[C@@H]2CCC[C@H]2N)cc1.Cl. The first kappa shape index (κ1) is 20.7. The monoisotopic (exact) mass is 356 g/mol. The smallest absolute Gasteiger partial charge is 0.220 e. The molecule has 136 valence electrons. The molecule has 1 unspecified atom stereocenters. The number of halogens is 1. The van der Waals surface area contributed by atoms with Crippen molar-refractivity contribution < 1.29 is 14.6 Å². The first-order valence-corrected chi connectivity index (χ1v) is 8.42. The zero-order valence-electron chi connectivity index (χ0n) is 14.4. The molecule has 1 saturated carbocycles. The van der Waals surface area contributed by atoms with E-state index in [4.69, 9.17) is 10.5 Å². The summed E-state index contributed by atoms with van der Waals surface area (Å²) in [5.74, 6) is 1.01. The Kier molecular flexibility index (Phi) is 8.53. The highest BCUT2D eigenvalue weighted by molar-refractivity contribution is 5.85. The van der Waals surface area contributed by atoms with Gasteiger partial charge >= 0.3 is 0 Å². The zero-order valence-corrected chi connectivity index (χ0v) is 15.2. The fourth-order valence-corrected chi connectivity index (χ4v) is 3.00. The number of aliphatic hydroxyl groups is 1. The second-order valence-electron chi connectivity index (χ2n) is 6.61. The van der Waals surface area contributed by atoms with Gasteiger partial charge in [0.15, 0.2) is 0 Å². The van der Waals surface area contributed by atoms with E-state index >= 15 is 0 Å². The lowest BCUT2D eigenvalue weighted by molar-refractivity contribution is -0.122. The Hall–Kier alpha value is -1.30. The van der Waals surface area contributed by atoms with Gasteiger partial charge in [0.25, 0.3) is 0 Å². The maximum atomic E-state index is 12.0. The highest BCUT2D eigenvalue weighted by Crippen LogP contribution is 2.26. The van der Waals surface area contributed by atoms with E-state index < -0.39 is 6.10 Å². The van der Waals surface area contributed by atoms with Crippen molar-refractivity contribution in [3.8, 4) is 5.75 Å². The molecule has 6 heteroatoms. The van der Waals surface area contributed by atoms with Gasteiger partial charge in [0.2, 0.25) is 5.91 Å². The van der Waals surface area contributed by atoms with E-state index in [1.165, 1.54) is 0 Å². The lowest BCUT2D eigenvalue weighted by Crippen LogP contribution is -2.33. The maximum Gasteiger partial charge on any atom is 0.220 e. The summed E-state index contributed by atoms with van der Waals surface area (Å²) in [5, 5.41) is 13.0. The number of carbonyl (C=O) groups is 1. The molecule has 1 fully saturated rings. The van der Waals surface area contributed by atoms with E-state index in [2.05, 4.69) is 5.32 Å². The van der Waals surface area contributed by atoms with Crippen LogP contribution in [0.3, 0.4) is 0 Å². The van der Waals surface area contributed by atoms with E-state index in [1.807, 2.05) is 38.1 Å². The van der Waals surface area contributed by atoms with Gasteiger partial charge in [-0.2, -0.15) is 0 Å². The van der Waals surface area contributed by atoms with E-state index in [0.29, 0.717) is 6.42 Å². The van der Waals surface area contributed by atoms with Crippen molar-refractivity contribution in [1.29, 1.82) is 0 Å². The molecule has 1 aliphatic carbocycles. The largest absolute Gasteiger partial charge is 0.491 e. The first-order chi connectivity index (χ1) is 11.0. The van der Waals surface area contributed by atoms with Crippen LogP contribution in [0.15, 0.2) is 24.3 Å². The summed E-state index contributed by atoms with van der Waals surface area (Å²) in [5.41, 5.74) is 6.74. The Balaban J connectivity index is 0.00000288. The summed E-state index contributed by atoms with van der Waals surface area (Å²) in [4.78, 5) is 12.0. The van der Waals surface area contributed by atoms with Crippen LogP contribution in [0.25, 0.3) is 0 Å².